The number of hydrogen-bond donors (Lipinski definition) is 2. The molecule has 0 radical (unpaired) electrons. The summed E-state index contributed by atoms with van der Waals surface area (Å²) in [7, 11) is 0. The maximum Gasteiger partial charge on any atom is 0.267 e. The van der Waals surface area contributed by atoms with E-state index in [2.05, 4.69) is 34.7 Å². The summed E-state index contributed by atoms with van der Waals surface area (Å²) in [6, 6.07) is 7.72. The van der Waals surface area contributed by atoms with Crippen LogP contribution in [0, 0.1) is 13.8 Å². The average molecular weight is 347 g/mol. The lowest BCUT2D eigenvalue weighted by molar-refractivity contribution is 0.0981. The quantitative estimate of drug-likeness (QED) is 0.685. The number of hydrogen-bond acceptors (Lipinski definition) is 5. The van der Waals surface area contributed by atoms with E-state index in [1.165, 1.54) is 28.2 Å². The highest BCUT2D eigenvalue weighted by molar-refractivity contribution is 7.80. The van der Waals surface area contributed by atoms with Crippen molar-refractivity contribution in [2.75, 3.05) is 5.32 Å². The molecule has 0 saturated heterocycles. The van der Waals surface area contributed by atoms with Crippen LogP contribution >= 0.6 is 34.9 Å². The highest BCUT2D eigenvalue weighted by Crippen LogP contribution is 2.30. The van der Waals surface area contributed by atoms with E-state index in [1.54, 1.807) is 6.07 Å². The number of aryl methyl sites for hydroxylation is 2. The van der Waals surface area contributed by atoms with Crippen LogP contribution in [0.1, 0.15) is 20.8 Å². The van der Waals surface area contributed by atoms with Gasteiger partial charge < -0.3 is 5.32 Å². The van der Waals surface area contributed by atoms with Crippen molar-refractivity contribution in [3.05, 3.63) is 45.6 Å². The summed E-state index contributed by atoms with van der Waals surface area (Å²) in [5.41, 5.74) is 3.28. The van der Waals surface area contributed by atoms with Crippen molar-refractivity contribution >= 4 is 61.3 Å². The van der Waals surface area contributed by atoms with E-state index in [-0.39, 0.29) is 11.0 Å². The van der Waals surface area contributed by atoms with E-state index in [1.807, 2.05) is 18.4 Å². The highest BCUT2D eigenvalue weighted by Gasteiger charge is 2.12. The number of carbonyl (C=O) groups is 1. The third-order valence-electron chi connectivity index (χ3n) is 3.13. The van der Waals surface area contributed by atoms with Crippen LogP contribution in [-0.4, -0.2) is 16.0 Å². The zero-order chi connectivity index (χ0) is 15.7. The van der Waals surface area contributed by atoms with Gasteiger partial charge in [0.05, 0.1) is 15.1 Å². The normalized spacial score (nSPS) is 10.6. The average Bonchev–Trinajstić information content (AvgIpc) is 3.12. The number of rotatable bonds is 2. The Kier molecular flexibility index (Phi) is 4.19. The van der Waals surface area contributed by atoms with Gasteiger partial charge in [0.15, 0.2) is 10.2 Å². The molecule has 0 saturated carbocycles. The minimum absolute atomic E-state index is 0.207. The number of fused-ring (bicyclic) bond motifs is 1. The number of benzene rings is 1. The molecule has 4 nitrogen and oxygen atoms in total. The predicted octanol–water partition coefficient (Wildman–Crippen LogP) is 4.10. The number of amides is 1. The van der Waals surface area contributed by atoms with Crippen molar-refractivity contribution in [3.8, 4) is 0 Å². The first-order chi connectivity index (χ1) is 10.5. The van der Waals surface area contributed by atoms with E-state index in [9.17, 15) is 4.79 Å². The maximum atomic E-state index is 11.9. The summed E-state index contributed by atoms with van der Waals surface area (Å²) in [5, 5.41) is 8.45. The molecule has 112 valence electrons. The third kappa shape index (κ3) is 3.01. The largest absolute Gasteiger partial charge is 0.308 e. The Morgan fingerprint density at radius 1 is 1.23 bits per heavy atom. The van der Waals surface area contributed by atoms with Crippen LogP contribution < -0.4 is 10.6 Å². The number of nitrogens with one attached hydrogen (secondary N) is 2. The number of anilines is 1. The van der Waals surface area contributed by atoms with Crippen molar-refractivity contribution in [2.24, 2.45) is 0 Å². The van der Waals surface area contributed by atoms with Gasteiger partial charge in [-0.1, -0.05) is 29.5 Å². The molecule has 2 heterocycles. The molecule has 2 aromatic heterocycles. The lowest BCUT2D eigenvalue weighted by Gasteiger charge is -2.05. The van der Waals surface area contributed by atoms with Gasteiger partial charge in [0, 0.05) is 0 Å². The number of carbonyl (C=O) groups excluding carboxylic acids is 1. The molecule has 3 aromatic rings. The van der Waals surface area contributed by atoms with Gasteiger partial charge in [-0.15, -0.1) is 11.3 Å². The van der Waals surface area contributed by atoms with Crippen molar-refractivity contribution in [3.63, 3.8) is 0 Å². The van der Waals surface area contributed by atoms with E-state index in [4.69, 9.17) is 12.2 Å². The molecular formula is C15H13N3OS3. The zero-order valence-corrected chi connectivity index (χ0v) is 14.4. The number of thiophene rings is 1. The van der Waals surface area contributed by atoms with Crippen molar-refractivity contribution in [1.82, 2.24) is 10.3 Å². The van der Waals surface area contributed by atoms with Crippen LogP contribution in [0.4, 0.5) is 5.13 Å². The van der Waals surface area contributed by atoms with Gasteiger partial charge >= 0.3 is 0 Å². The van der Waals surface area contributed by atoms with Crippen molar-refractivity contribution < 1.29 is 4.79 Å². The summed E-state index contributed by atoms with van der Waals surface area (Å²) >= 11 is 8.09. The fourth-order valence-electron chi connectivity index (χ4n) is 2.01. The number of aromatic nitrogens is 1. The van der Waals surface area contributed by atoms with Gasteiger partial charge in [-0.25, -0.2) is 4.98 Å². The van der Waals surface area contributed by atoms with Crippen LogP contribution in [0.5, 0.6) is 0 Å². The molecule has 2 N–H and O–H groups in total. The fourth-order valence-corrected chi connectivity index (χ4v) is 3.90. The lowest BCUT2D eigenvalue weighted by Crippen LogP contribution is -2.33. The van der Waals surface area contributed by atoms with Crippen molar-refractivity contribution in [1.29, 1.82) is 0 Å². The summed E-state index contributed by atoms with van der Waals surface area (Å²) in [6.07, 6.45) is 0. The van der Waals surface area contributed by atoms with E-state index < -0.39 is 0 Å². The predicted molar refractivity (Wildman–Crippen MR) is 97.1 cm³/mol. The zero-order valence-electron chi connectivity index (χ0n) is 12.0. The Labute approximate surface area is 141 Å². The smallest absolute Gasteiger partial charge is 0.267 e. The second kappa shape index (κ2) is 6.12. The highest BCUT2D eigenvalue weighted by atomic mass is 32.1. The Balaban J connectivity index is 1.76. The van der Waals surface area contributed by atoms with E-state index in [0.717, 1.165) is 15.8 Å². The first-order valence-electron chi connectivity index (χ1n) is 6.57. The van der Waals surface area contributed by atoms with E-state index in [0.29, 0.717) is 10.0 Å². The number of thiazole rings is 1. The van der Waals surface area contributed by atoms with Crippen LogP contribution in [0.3, 0.4) is 0 Å². The summed E-state index contributed by atoms with van der Waals surface area (Å²) in [6.45, 7) is 4.09. The molecule has 0 unspecified atom stereocenters. The summed E-state index contributed by atoms with van der Waals surface area (Å²) in [4.78, 5) is 17.1. The molecule has 0 aliphatic rings. The van der Waals surface area contributed by atoms with Gasteiger partial charge in [0.2, 0.25) is 0 Å². The fraction of sp³-hybridized carbons (Fsp3) is 0.133. The van der Waals surface area contributed by atoms with Crippen LogP contribution in [0.25, 0.3) is 10.2 Å². The molecular weight excluding hydrogens is 334 g/mol. The Morgan fingerprint density at radius 3 is 2.68 bits per heavy atom. The molecule has 0 fully saturated rings. The second-order valence-corrected chi connectivity index (χ2v) is 7.14. The topological polar surface area (TPSA) is 54.0 Å². The lowest BCUT2D eigenvalue weighted by atomic mass is 10.1. The first-order valence-corrected chi connectivity index (χ1v) is 8.67. The maximum absolute atomic E-state index is 11.9. The Hall–Kier alpha value is -1.83. The van der Waals surface area contributed by atoms with Gasteiger partial charge in [0.1, 0.15) is 0 Å². The third-order valence-corrected chi connectivity index (χ3v) is 5.31. The molecule has 0 aliphatic heterocycles. The summed E-state index contributed by atoms with van der Waals surface area (Å²) in [5.74, 6) is -0.207. The van der Waals surface area contributed by atoms with Crippen LogP contribution in [0.2, 0.25) is 0 Å². The molecule has 22 heavy (non-hydrogen) atoms. The summed E-state index contributed by atoms with van der Waals surface area (Å²) < 4.78 is 1.13. The minimum Gasteiger partial charge on any atom is -0.308 e. The Bertz CT molecular complexity index is 813. The van der Waals surface area contributed by atoms with Gasteiger partial charge in [-0.3, -0.25) is 10.1 Å². The standard InChI is InChI=1S/C15H13N3OS3/c1-8-5-6-9(2)12-11(8)16-15(22-12)18-14(20)17-13(19)10-4-3-7-21-10/h3-7H,1-2H3,(H2,16,17,18,19,20). The molecule has 1 aromatic carbocycles. The van der Waals surface area contributed by atoms with Gasteiger partial charge in [0.25, 0.3) is 5.91 Å². The number of thiocarbonyl (C=S) groups is 1. The monoisotopic (exact) mass is 347 g/mol. The second-order valence-electron chi connectivity index (χ2n) is 4.78. The van der Waals surface area contributed by atoms with E-state index >= 15 is 0 Å². The molecule has 0 spiro atoms. The molecule has 0 aliphatic carbocycles. The molecule has 0 bridgehead atoms. The van der Waals surface area contributed by atoms with Crippen LogP contribution in [-0.2, 0) is 0 Å². The van der Waals surface area contributed by atoms with Crippen LogP contribution in [0.15, 0.2) is 29.6 Å². The SMILES string of the molecule is Cc1ccc(C)c2sc(NC(=S)NC(=O)c3cccs3)nc12. The first kappa shape index (κ1) is 15.1. The Morgan fingerprint density at radius 2 is 2.00 bits per heavy atom. The number of nitrogens with zero attached hydrogens (tertiary/aromatic N) is 1. The minimum atomic E-state index is -0.207. The molecule has 0 atom stereocenters. The van der Waals surface area contributed by atoms with Gasteiger partial charge in [-0.05, 0) is 48.6 Å². The molecule has 1 amide bonds. The molecule has 3 rings (SSSR count). The molecule has 7 heteroatoms. The van der Waals surface area contributed by atoms with Crippen molar-refractivity contribution in [2.45, 2.75) is 13.8 Å². The van der Waals surface area contributed by atoms with Gasteiger partial charge in [-0.2, -0.15) is 0 Å².